The van der Waals surface area contributed by atoms with E-state index in [-0.39, 0.29) is 12.0 Å². The van der Waals surface area contributed by atoms with Crippen LogP contribution >= 0.6 is 11.8 Å². The Hall–Kier alpha value is -1.28. The molecule has 1 amide bonds. The highest BCUT2D eigenvalue weighted by atomic mass is 32.2. The van der Waals surface area contributed by atoms with Crippen molar-refractivity contribution in [1.29, 1.82) is 0 Å². The van der Waals surface area contributed by atoms with Gasteiger partial charge in [-0.25, -0.2) is 0 Å². The minimum absolute atomic E-state index is 0.109. The molecule has 0 radical (unpaired) electrons. The number of aromatic nitrogens is 3. The molecule has 0 unspecified atom stereocenters. The fourth-order valence-corrected chi connectivity index (χ4v) is 5.09. The zero-order valence-corrected chi connectivity index (χ0v) is 16.9. The van der Waals surface area contributed by atoms with Gasteiger partial charge in [0.2, 0.25) is 11.9 Å². The molecule has 150 valence electrons. The maximum absolute atomic E-state index is 12.3. The quantitative estimate of drug-likeness (QED) is 0.718. The van der Waals surface area contributed by atoms with Gasteiger partial charge in [0, 0.05) is 25.7 Å². The molecule has 1 N–H and O–H groups in total. The summed E-state index contributed by atoms with van der Waals surface area (Å²) in [7, 11) is 0. The number of anilines is 1. The van der Waals surface area contributed by atoms with E-state index in [9.17, 15) is 4.79 Å². The van der Waals surface area contributed by atoms with Gasteiger partial charge in [0.1, 0.15) is 0 Å². The van der Waals surface area contributed by atoms with Crippen LogP contribution in [-0.2, 0) is 16.1 Å². The number of piperidine rings is 1. The lowest BCUT2D eigenvalue weighted by molar-refractivity contribution is -0.119. The van der Waals surface area contributed by atoms with E-state index < -0.39 is 0 Å². The largest absolute Gasteiger partial charge is 0.376 e. The van der Waals surface area contributed by atoms with Crippen molar-refractivity contribution in [1.82, 2.24) is 20.1 Å². The van der Waals surface area contributed by atoms with Crippen LogP contribution in [0.25, 0.3) is 0 Å². The molecule has 0 bridgehead atoms. The Balaban J connectivity index is 1.41. The monoisotopic (exact) mass is 393 g/mol. The molecule has 4 rings (SSSR count). The molecule has 1 saturated carbocycles. The molecule has 3 aliphatic rings. The maximum Gasteiger partial charge on any atom is 0.230 e. The van der Waals surface area contributed by atoms with E-state index in [1.54, 1.807) is 0 Å². The van der Waals surface area contributed by atoms with Gasteiger partial charge in [-0.1, -0.05) is 24.6 Å². The Bertz CT molecular complexity index is 620. The van der Waals surface area contributed by atoms with E-state index in [2.05, 4.69) is 25.0 Å². The van der Waals surface area contributed by atoms with Gasteiger partial charge in [-0.2, -0.15) is 0 Å². The van der Waals surface area contributed by atoms with Gasteiger partial charge in [0.15, 0.2) is 5.16 Å². The first-order valence-electron chi connectivity index (χ1n) is 10.5. The van der Waals surface area contributed by atoms with E-state index in [4.69, 9.17) is 4.74 Å². The molecule has 0 aromatic carbocycles. The van der Waals surface area contributed by atoms with Crippen LogP contribution < -0.4 is 10.2 Å². The second kappa shape index (κ2) is 9.28. The molecule has 2 aliphatic heterocycles. The Kier molecular flexibility index (Phi) is 6.55. The number of amides is 1. The van der Waals surface area contributed by atoms with Gasteiger partial charge < -0.3 is 15.0 Å². The second-order valence-corrected chi connectivity index (χ2v) is 8.86. The minimum atomic E-state index is 0.109. The summed E-state index contributed by atoms with van der Waals surface area (Å²) in [5, 5.41) is 12.9. The molecule has 8 heteroatoms. The fourth-order valence-electron chi connectivity index (χ4n) is 4.34. The highest BCUT2D eigenvalue weighted by Crippen LogP contribution is 2.27. The van der Waals surface area contributed by atoms with Crippen LogP contribution in [0.5, 0.6) is 0 Å². The zero-order chi connectivity index (χ0) is 18.5. The van der Waals surface area contributed by atoms with Crippen LogP contribution in [0.3, 0.4) is 0 Å². The van der Waals surface area contributed by atoms with Crippen molar-refractivity contribution in [3.63, 3.8) is 0 Å². The number of nitrogens with one attached hydrogen (secondary N) is 1. The topological polar surface area (TPSA) is 72.3 Å². The number of ether oxygens (including phenoxy) is 1. The molecule has 1 aromatic rings. The number of nitrogens with zero attached hydrogens (tertiary/aromatic N) is 4. The molecule has 1 aliphatic carbocycles. The van der Waals surface area contributed by atoms with Gasteiger partial charge in [-0.15, -0.1) is 10.2 Å². The SMILES string of the molecule is O=C(CSc1nnc(N2CCCCC2)n1C[C@@H]1CCCO1)NC1CCCC1. The van der Waals surface area contributed by atoms with Crippen molar-refractivity contribution in [2.24, 2.45) is 0 Å². The highest BCUT2D eigenvalue weighted by molar-refractivity contribution is 7.99. The number of thioether (sulfide) groups is 1. The first kappa shape index (κ1) is 19.1. The van der Waals surface area contributed by atoms with E-state index in [0.717, 1.165) is 63.0 Å². The van der Waals surface area contributed by atoms with Crippen molar-refractivity contribution >= 4 is 23.6 Å². The Labute approximate surface area is 165 Å². The highest BCUT2D eigenvalue weighted by Gasteiger charge is 2.25. The van der Waals surface area contributed by atoms with Crippen molar-refractivity contribution in [2.75, 3.05) is 30.3 Å². The van der Waals surface area contributed by atoms with E-state index in [1.807, 2.05) is 0 Å². The number of carbonyl (C=O) groups excluding carboxylic acids is 1. The van der Waals surface area contributed by atoms with E-state index in [0.29, 0.717) is 11.8 Å². The fraction of sp³-hybridized carbons (Fsp3) is 0.842. The molecule has 1 aromatic heterocycles. The van der Waals surface area contributed by atoms with Gasteiger partial charge >= 0.3 is 0 Å². The summed E-state index contributed by atoms with van der Waals surface area (Å²) < 4.78 is 8.04. The normalized spacial score (nSPS) is 23.9. The summed E-state index contributed by atoms with van der Waals surface area (Å²) in [6.45, 7) is 3.70. The van der Waals surface area contributed by atoms with Crippen LogP contribution in [0.2, 0.25) is 0 Å². The smallest absolute Gasteiger partial charge is 0.230 e. The summed E-state index contributed by atoms with van der Waals surface area (Å²) in [5.74, 6) is 1.46. The first-order valence-corrected chi connectivity index (χ1v) is 11.5. The van der Waals surface area contributed by atoms with Gasteiger partial charge in [-0.05, 0) is 44.9 Å². The Morgan fingerprint density at radius 2 is 1.89 bits per heavy atom. The standard InChI is InChI=1S/C19H31N5O2S/c25-17(20-15-7-2-3-8-15)14-27-19-22-21-18(23-10-4-1-5-11-23)24(19)13-16-9-6-12-26-16/h15-16H,1-14H2,(H,20,25)/t16-/m0/s1. The van der Waals surface area contributed by atoms with Gasteiger partial charge in [-0.3, -0.25) is 9.36 Å². The Morgan fingerprint density at radius 1 is 1.07 bits per heavy atom. The maximum atomic E-state index is 12.3. The van der Waals surface area contributed by atoms with Crippen molar-refractivity contribution < 1.29 is 9.53 Å². The predicted octanol–water partition coefficient (Wildman–Crippen LogP) is 2.60. The summed E-state index contributed by atoms with van der Waals surface area (Å²) in [5.41, 5.74) is 0. The first-order chi connectivity index (χ1) is 13.3. The average molecular weight is 394 g/mol. The summed E-state index contributed by atoms with van der Waals surface area (Å²) in [4.78, 5) is 14.7. The van der Waals surface area contributed by atoms with E-state index in [1.165, 1.54) is 43.9 Å². The van der Waals surface area contributed by atoms with Crippen molar-refractivity contribution in [3.8, 4) is 0 Å². The third-order valence-electron chi connectivity index (χ3n) is 5.80. The second-order valence-electron chi connectivity index (χ2n) is 7.91. The zero-order valence-electron chi connectivity index (χ0n) is 16.1. The molecule has 7 nitrogen and oxygen atoms in total. The van der Waals surface area contributed by atoms with Gasteiger partial charge in [0.25, 0.3) is 0 Å². The van der Waals surface area contributed by atoms with Crippen LogP contribution in [-0.4, -0.2) is 58.3 Å². The van der Waals surface area contributed by atoms with Gasteiger partial charge in [0.05, 0.1) is 18.4 Å². The Morgan fingerprint density at radius 3 is 2.63 bits per heavy atom. The number of carbonyl (C=O) groups is 1. The molecular formula is C19H31N5O2S. The molecule has 27 heavy (non-hydrogen) atoms. The summed E-state index contributed by atoms with van der Waals surface area (Å²) in [6, 6.07) is 0.367. The van der Waals surface area contributed by atoms with E-state index >= 15 is 0 Å². The molecule has 1 atom stereocenters. The lowest BCUT2D eigenvalue weighted by Gasteiger charge is -2.28. The molecule has 3 heterocycles. The van der Waals surface area contributed by atoms with Crippen LogP contribution in [0, 0.1) is 0 Å². The van der Waals surface area contributed by atoms with Crippen molar-refractivity contribution in [3.05, 3.63) is 0 Å². The van der Waals surface area contributed by atoms with Crippen LogP contribution in [0.4, 0.5) is 5.95 Å². The lowest BCUT2D eigenvalue weighted by Crippen LogP contribution is -2.34. The molecular weight excluding hydrogens is 362 g/mol. The molecule has 0 spiro atoms. The lowest BCUT2D eigenvalue weighted by atomic mass is 10.1. The number of rotatable bonds is 7. The summed E-state index contributed by atoms with van der Waals surface area (Å²) >= 11 is 1.50. The minimum Gasteiger partial charge on any atom is -0.376 e. The number of hydrogen-bond donors (Lipinski definition) is 1. The third kappa shape index (κ3) is 4.96. The van der Waals surface area contributed by atoms with Crippen LogP contribution in [0.15, 0.2) is 5.16 Å². The van der Waals surface area contributed by atoms with Crippen LogP contribution in [0.1, 0.15) is 57.8 Å². The number of hydrogen-bond acceptors (Lipinski definition) is 6. The molecule has 2 saturated heterocycles. The summed E-state index contributed by atoms with van der Waals surface area (Å²) in [6.07, 6.45) is 10.8. The van der Waals surface area contributed by atoms with Crippen molar-refractivity contribution in [2.45, 2.75) is 81.6 Å². The predicted molar refractivity (Wildman–Crippen MR) is 106 cm³/mol. The molecule has 3 fully saturated rings. The average Bonchev–Trinajstić information content (AvgIpc) is 3.44. The third-order valence-corrected chi connectivity index (χ3v) is 6.77.